The zero-order valence-electron chi connectivity index (χ0n) is 20.0. The van der Waals surface area contributed by atoms with Crippen LogP contribution in [0.4, 0.5) is 0 Å². The summed E-state index contributed by atoms with van der Waals surface area (Å²) in [6.07, 6.45) is 0. The Morgan fingerprint density at radius 3 is 1.57 bits per heavy atom. The summed E-state index contributed by atoms with van der Waals surface area (Å²) >= 11 is 0. The van der Waals surface area contributed by atoms with Crippen molar-refractivity contribution in [2.45, 2.75) is 0 Å². The fourth-order valence-corrected chi connectivity index (χ4v) is 5.23. The lowest BCUT2D eigenvalue weighted by Gasteiger charge is -2.12. The fourth-order valence-electron chi connectivity index (χ4n) is 5.23. The molecule has 2 heteroatoms. The predicted molar refractivity (Wildman–Crippen MR) is 154 cm³/mol. The van der Waals surface area contributed by atoms with E-state index in [1.807, 2.05) is 42.5 Å². The van der Waals surface area contributed by atoms with Gasteiger partial charge in [0.05, 0.1) is 5.39 Å². The summed E-state index contributed by atoms with van der Waals surface area (Å²) < 4.78 is 5.91. The van der Waals surface area contributed by atoms with Gasteiger partial charge in [0.2, 0.25) is 0 Å². The summed E-state index contributed by atoms with van der Waals surface area (Å²) in [6, 6.07) is 45.8. The number of hydrogen-bond donors (Lipinski definition) is 0. The van der Waals surface area contributed by atoms with E-state index in [4.69, 9.17) is 4.42 Å². The minimum atomic E-state index is -0.307. The molecule has 0 saturated carbocycles. The number of benzene rings is 6. The smallest absolute Gasteiger partial charge is 0.344 e. The second-order valence-electron chi connectivity index (χ2n) is 9.34. The average Bonchev–Trinajstić information content (AvgIpc) is 2.98. The first-order chi connectivity index (χ1) is 18.2. The van der Waals surface area contributed by atoms with Gasteiger partial charge in [0.15, 0.2) is 0 Å². The van der Waals surface area contributed by atoms with Crippen LogP contribution in [0.3, 0.4) is 0 Å². The highest BCUT2D eigenvalue weighted by atomic mass is 16.4. The van der Waals surface area contributed by atoms with Gasteiger partial charge < -0.3 is 4.42 Å². The summed E-state index contributed by atoms with van der Waals surface area (Å²) in [5.41, 5.74) is 7.17. The normalized spacial score (nSPS) is 11.4. The molecule has 0 N–H and O–H groups in total. The molecular formula is C35H22O2. The number of rotatable bonds is 3. The van der Waals surface area contributed by atoms with Crippen LogP contribution in [-0.4, -0.2) is 0 Å². The van der Waals surface area contributed by atoms with E-state index in [1.54, 1.807) is 0 Å². The molecule has 7 rings (SSSR count). The van der Waals surface area contributed by atoms with Gasteiger partial charge in [0.25, 0.3) is 0 Å². The Balaban J connectivity index is 1.49. The van der Waals surface area contributed by atoms with Gasteiger partial charge in [-0.15, -0.1) is 0 Å². The van der Waals surface area contributed by atoms with E-state index in [0.717, 1.165) is 43.8 Å². The highest BCUT2D eigenvalue weighted by Gasteiger charge is 2.12. The zero-order valence-corrected chi connectivity index (χ0v) is 20.0. The first-order valence-corrected chi connectivity index (χ1v) is 12.4. The second-order valence-corrected chi connectivity index (χ2v) is 9.34. The van der Waals surface area contributed by atoms with Crippen LogP contribution in [0.15, 0.2) is 143 Å². The van der Waals surface area contributed by atoms with Crippen molar-refractivity contribution >= 4 is 32.5 Å². The van der Waals surface area contributed by atoms with Crippen molar-refractivity contribution in [2.75, 3.05) is 0 Å². The maximum atomic E-state index is 12.8. The average molecular weight is 475 g/mol. The van der Waals surface area contributed by atoms with Crippen LogP contribution in [0.25, 0.3) is 65.9 Å². The van der Waals surface area contributed by atoms with Crippen molar-refractivity contribution < 1.29 is 4.42 Å². The molecule has 0 spiro atoms. The van der Waals surface area contributed by atoms with Gasteiger partial charge in [0.1, 0.15) is 5.58 Å². The third-order valence-electron chi connectivity index (χ3n) is 7.08. The lowest BCUT2D eigenvalue weighted by atomic mass is 9.92. The molecular weight excluding hydrogens is 452 g/mol. The molecule has 0 aliphatic heterocycles. The first kappa shape index (κ1) is 21.3. The fraction of sp³-hybridized carbons (Fsp3) is 0. The summed E-state index contributed by atoms with van der Waals surface area (Å²) in [5.74, 6) is 0. The molecule has 0 unspecified atom stereocenters. The van der Waals surface area contributed by atoms with Crippen molar-refractivity contribution in [2.24, 2.45) is 0 Å². The zero-order chi connectivity index (χ0) is 24.8. The van der Waals surface area contributed by atoms with Gasteiger partial charge in [-0.3, -0.25) is 0 Å². The Kier molecular flexibility index (Phi) is 4.97. The molecule has 0 aliphatic carbocycles. The van der Waals surface area contributed by atoms with Crippen molar-refractivity contribution in [1.82, 2.24) is 0 Å². The standard InChI is InChI=1S/C35H22O2/c36-35-32-14-8-7-13-30(32)31-18-17-25-15-16-26(22-33(25)34(31)37-35)29-20-27(23-9-3-1-4-10-23)19-28(21-29)24-11-5-2-6-12-24/h1-22H. The van der Waals surface area contributed by atoms with E-state index < -0.39 is 0 Å². The van der Waals surface area contributed by atoms with Crippen LogP contribution in [0.2, 0.25) is 0 Å². The molecule has 0 atom stereocenters. The molecule has 0 radical (unpaired) electrons. The van der Waals surface area contributed by atoms with E-state index in [9.17, 15) is 4.79 Å². The Morgan fingerprint density at radius 1 is 0.378 bits per heavy atom. The van der Waals surface area contributed by atoms with Crippen LogP contribution in [-0.2, 0) is 0 Å². The van der Waals surface area contributed by atoms with Crippen molar-refractivity contribution in [1.29, 1.82) is 0 Å². The highest BCUT2D eigenvalue weighted by Crippen LogP contribution is 2.36. The molecule has 0 fully saturated rings. The Bertz CT molecular complexity index is 1930. The van der Waals surface area contributed by atoms with Gasteiger partial charge in [-0.05, 0) is 80.6 Å². The molecule has 174 valence electrons. The third kappa shape index (κ3) is 3.71. The van der Waals surface area contributed by atoms with Crippen LogP contribution in [0.5, 0.6) is 0 Å². The lowest BCUT2D eigenvalue weighted by molar-refractivity contribution is 0.573. The monoisotopic (exact) mass is 474 g/mol. The van der Waals surface area contributed by atoms with Gasteiger partial charge in [-0.1, -0.05) is 97.1 Å². The molecule has 0 aliphatic rings. The minimum Gasteiger partial charge on any atom is -0.422 e. The van der Waals surface area contributed by atoms with E-state index in [-0.39, 0.29) is 5.63 Å². The summed E-state index contributed by atoms with van der Waals surface area (Å²) in [7, 11) is 0. The molecule has 37 heavy (non-hydrogen) atoms. The largest absolute Gasteiger partial charge is 0.422 e. The minimum absolute atomic E-state index is 0.307. The lowest BCUT2D eigenvalue weighted by Crippen LogP contribution is -1.99. The van der Waals surface area contributed by atoms with Crippen LogP contribution in [0, 0.1) is 0 Å². The van der Waals surface area contributed by atoms with Crippen LogP contribution < -0.4 is 5.63 Å². The maximum Gasteiger partial charge on any atom is 0.344 e. The van der Waals surface area contributed by atoms with Crippen LogP contribution in [0.1, 0.15) is 0 Å². The summed E-state index contributed by atoms with van der Waals surface area (Å²) in [6.45, 7) is 0. The quantitative estimate of drug-likeness (QED) is 0.189. The van der Waals surface area contributed by atoms with Crippen molar-refractivity contribution in [3.8, 4) is 33.4 Å². The van der Waals surface area contributed by atoms with Gasteiger partial charge >= 0.3 is 5.63 Å². The van der Waals surface area contributed by atoms with E-state index >= 15 is 0 Å². The molecule has 2 nitrogen and oxygen atoms in total. The molecule has 1 aromatic heterocycles. The summed E-state index contributed by atoms with van der Waals surface area (Å²) in [5, 5.41) is 4.44. The maximum absolute atomic E-state index is 12.8. The van der Waals surface area contributed by atoms with Gasteiger partial charge in [0, 0.05) is 10.8 Å². The molecule has 0 bridgehead atoms. The van der Waals surface area contributed by atoms with E-state index in [1.165, 1.54) is 11.1 Å². The van der Waals surface area contributed by atoms with Crippen LogP contribution >= 0.6 is 0 Å². The second kappa shape index (κ2) is 8.61. The van der Waals surface area contributed by atoms with Crippen molar-refractivity contribution in [3.63, 3.8) is 0 Å². The van der Waals surface area contributed by atoms with Gasteiger partial charge in [-0.25, -0.2) is 4.79 Å². The number of hydrogen-bond acceptors (Lipinski definition) is 2. The number of fused-ring (bicyclic) bond motifs is 5. The summed E-state index contributed by atoms with van der Waals surface area (Å²) in [4.78, 5) is 12.8. The Labute approximate surface area is 214 Å². The Morgan fingerprint density at radius 2 is 0.919 bits per heavy atom. The molecule has 0 saturated heterocycles. The van der Waals surface area contributed by atoms with E-state index in [0.29, 0.717) is 11.0 Å². The third-order valence-corrected chi connectivity index (χ3v) is 7.08. The molecule has 1 heterocycles. The first-order valence-electron chi connectivity index (χ1n) is 12.4. The molecule has 0 amide bonds. The van der Waals surface area contributed by atoms with Gasteiger partial charge in [-0.2, -0.15) is 0 Å². The SMILES string of the molecule is O=c1oc2c3cc(-c4cc(-c5ccccc5)cc(-c5ccccc5)c4)ccc3ccc2c2ccccc12. The predicted octanol–water partition coefficient (Wildman–Crippen LogP) is 9.10. The van der Waals surface area contributed by atoms with E-state index in [2.05, 4.69) is 91.0 Å². The highest BCUT2D eigenvalue weighted by molar-refractivity contribution is 6.14. The molecule has 7 aromatic rings. The van der Waals surface area contributed by atoms with Crippen molar-refractivity contribution in [3.05, 3.63) is 144 Å². The topological polar surface area (TPSA) is 30.2 Å². The molecule has 6 aromatic carbocycles. The Hall–Kier alpha value is -4.95.